The zero-order chi connectivity index (χ0) is 12.1. The van der Waals surface area contributed by atoms with E-state index < -0.39 is 0 Å². The summed E-state index contributed by atoms with van der Waals surface area (Å²) in [5.74, 6) is 1.02. The Hall–Kier alpha value is -2.14. The molecule has 0 saturated heterocycles. The molecular formula is C12H14N4O. The predicted molar refractivity (Wildman–Crippen MR) is 66.9 cm³/mol. The number of anilines is 3. The zero-order valence-corrected chi connectivity index (χ0v) is 9.55. The van der Waals surface area contributed by atoms with E-state index in [2.05, 4.69) is 15.3 Å². The van der Waals surface area contributed by atoms with Gasteiger partial charge in [-0.1, -0.05) is 12.1 Å². The van der Waals surface area contributed by atoms with Crippen LogP contribution >= 0.6 is 0 Å². The topological polar surface area (TPSA) is 73.1 Å². The quantitative estimate of drug-likeness (QED) is 0.839. The molecule has 1 aromatic heterocycles. The highest BCUT2D eigenvalue weighted by Gasteiger charge is 1.98. The van der Waals surface area contributed by atoms with Crippen molar-refractivity contribution in [2.24, 2.45) is 0 Å². The van der Waals surface area contributed by atoms with Gasteiger partial charge in [0.05, 0.1) is 19.0 Å². The lowest BCUT2D eigenvalue weighted by Gasteiger charge is -2.07. The van der Waals surface area contributed by atoms with Gasteiger partial charge in [-0.15, -0.1) is 0 Å². The maximum Gasteiger partial charge on any atom is 0.151 e. The number of aromatic nitrogens is 2. The van der Waals surface area contributed by atoms with Gasteiger partial charge in [0.2, 0.25) is 0 Å². The first-order valence-electron chi connectivity index (χ1n) is 5.20. The molecule has 0 atom stereocenters. The number of hydrogen-bond donors (Lipinski definition) is 2. The third-order valence-electron chi connectivity index (χ3n) is 2.16. The van der Waals surface area contributed by atoms with E-state index in [4.69, 9.17) is 10.5 Å². The highest BCUT2D eigenvalue weighted by molar-refractivity contribution is 5.57. The molecule has 0 saturated carbocycles. The van der Waals surface area contributed by atoms with Crippen LogP contribution in [-0.2, 0) is 11.3 Å². The monoisotopic (exact) mass is 230 g/mol. The Labute approximate surface area is 99.7 Å². The van der Waals surface area contributed by atoms with Crippen LogP contribution in [0.25, 0.3) is 0 Å². The van der Waals surface area contributed by atoms with Gasteiger partial charge in [0.25, 0.3) is 0 Å². The molecule has 0 aliphatic carbocycles. The number of nitrogens with two attached hydrogens (primary N) is 1. The summed E-state index contributed by atoms with van der Waals surface area (Å²) in [5.41, 5.74) is 7.58. The van der Waals surface area contributed by atoms with Crippen LogP contribution in [-0.4, -0.2) is 17.1 Å². The van der Waals surface area contributed by atoms with Crippen LogP contribution in [0.3, 0.4) is 0 Å². The SMILES string of the molecule is COCc1cccc(Nc2cncc(N)n2)c1. The number of hydrogen-bond acceptors (Lipinski definition) is 5. The van der Waals surface area contributed by atoms with E-state index in [0.717, 1.165) is 11.3 Å². The fourth-order valence-electron chi connectivity index (χ4n) is 1.49. The standard InChI is InChI=1S/C12H14N4O/c1-17-8-9-3-2-4-10(5-9)15-12-7-14-6-11(13)16-12/h2-7H,8H2,1H3,(H3,13,15,16). The maximum atomic E-state index is 5.56. The van der Waals surface area contributed by atoms with Crippen LogP contribution in [0.15, 0.2) is 36.7 Å². The number of rotatable bonds is 4. The highest BCUT2D eigenvalue weighted by Crippen LogP contribution is 2.16. The second kappa shape index (κ2) is 5.27. The Kier molecular flexibility index (Phi) is 3.52. The first-order chi connectivity index (χ1) is 8.28. The summed E-state index contributed by atoms with van der Waals surface area (Å²) < 4.78 is 5.08. The van der Waals surface area contributed by atoms with E-state index in [1.807, 2.05) is 24.3 Å². The van der Waals surface area contributed by atoms with Gasteiger partial charge < -0.3 is 15.8 Å². The summed E-state index contributed by atoms with van der Waals surface area (Å²) in [6.45, 7) is 0.581. The summed E-state index contributed by atoms with van der Waals surface area (Å²) in [6, 6.07) is 7.90. The molecule has 2 rings (SSSR count). The Balaban J connectivity index is 2.15. The molecular weight excluding hydrogens is 216 g/mol. The number of nitrogen functional groups attached to an aromatic ring is 1. The molecule has 17 heavy (non-hydrogen) atoms. The van der Waals surface area contributed by atoms with Gasteiger partial charge in [-0.05, 0) is 17.7 Å². The molecule has 0 bridgehead atoms. The number of ether oxygens (including phenoxy) is 1. The summed E-state index contributed by atoms with van der Waals surface area (Å²) in [6.07, 6.45) is 3.13. The summed E-state index contributed by atoms with van der Waals surface area (Å²) in [5, 5.41) is 3.13. The van der Waals surface area contributed by atoms with Crippen molar-refractivity contribution in [3.05, 3.63) is 42.2 Å². The van der Waals surface area contributed by atoms with Gasteiger partial charge in [0.1, 0.15) is 5.82 Å². The molecule has 1 aromatic carbocycles. The lowest BCUT2D eigenvalue weighted by Crippen LogP contribution is -1.98. The van der Waals surface area contributed by atoms with Crippen molar-refractivity contribution in [2.75, 3.05) is 18.2 Å². The summed E-state index contributed by atoms with van der Waals surface area (Å²) in [7, 11) is 1.67. The molecule has 0 amide bonds. The second-order valence-corrected chi connectivity index (χ2v) is 3.59. The minimum atomic E-state index is 0.392. The molecule has 5 nitrogen and oxygen atoms in total. The first kappa shape index (κ1) is 11.3. The lowest BCUT2D eigenvalue weighted by atomic mass is 10.2. The van der Waals surface area contributed by atoms with E-state index in [-0.39, 0.29) is 0 Å². The van der Waals surface area contributed by atoms with Gasteiger partial charge in [0.15, 0.2) is 5.82 Å². The Morgan fingerprint density at radius 3 is 3.00 bits per heavy atom. The van der Waals surface area contributed by atoms with E-state index in [1.165, 1.54) is 6.20 Å². The van der Waals surface area contributed by atoms with Crippen LogP contribution < -0.4 is 11.1 Å². The number of benzene rings is 1. The number of methoxy groups -OCH3 is 1. The van der Waals surface area contributed by atoms with E-state index >= 15 is 0 Å². The summed E-state index contributed by atoms with van der Waals surface area (Å²) in [4.78, 5) is 8.08. The molecule has 0 aliphatic rings. The van der Waals surface area contributed by atoms with Gasteiger partial charge >= 0.3 is 0 Å². The zero-order valence-electron chi connectivity index (χ0n) is 9.55. The Morgan fingerprint density at radius 2 is 2.24 bits per heavy atom. The summed E-state index contributed by atoms with van der Waals surface area (Å²) >= 11 is 0. The van der Waals surface area contributed by atoms with Crippen LogP contribution in [0.1, 0.15) is 5.56 Å². The third-order valence-corrected chi connectivity index (χ3v) is 2.16. The van der Waals surface area contributed by atoms with Crippen LogP contribution in [0.2, 0.25) is 0 Å². The number of nitrogens with zero attached hydrogens (tertiary/aromatic N) is 2. The molecule has 3 N–H and O–H groups in total. The molecule has 1 heterocycles. The van der Waals surface area contributed by atoms with Gasteiger partial charge in [-0.25, -0.2) is 4.98 Å². The van der Waals surface area contributed by atoms with Crippen molar-refractivity contribution in [3.63, 3.8) is 0 Å². The molecule has 0 aliphatic heterocycles. The molecule has 0 radical (unpaired) electrons. The third kappa shape index (κ3) is 3.15. The van der Waals surface area contributed by atoms with Crippen LogP contribution in [0.4, 0.5) is 17.3 Å². The van der Waals surface area contributed by atoms with Crippen molar-refractivity contribution in [1.82, 2.24) is 9.97 Å². The second-order valence-electron chi connectivity index (χ2n) is 3.59. The van der Waals surface area contributed by atoms with E-state index in [0.29, 0.717) is 18.2 Å². The fraction of sp³-hybridized carbons (Fsp3) is 0.167. The minimum absolute atomic E-state index is 0.392. The minimum Gasteiger partial charge on any atom is -0.382 e. The van der Waals surface area contributed by atoms with Crippen LogP contribution in [0, 0.1) is 0 Å². The van der Waals surface area contributed by atoms with Gasteiger partial charge in [-0.2, -0.15) is 0 Å². The fourth-order valence-corrected chi connectivity index (χ4v) is 1.49. The lowest BCUT2D eigenvalue weighted by molar-refractivity contribution is 0.185. The molecule has 0 spiro atoms. The highest BCUT2D eigenvalue weighted by atomic mass is 16.5. The van der Waals surface area contributed by atoms with Crippen molar-refractivity contribution >= 4 is 17.3 Å². The number of nitrogens with one attached hydrogen (secondary N) is 1. The average Bonchev–Trinajstić information content (AvgIpc) is 2.30. The van der Waals surface area contributed by atoms with Crippen molar-refractivity contribution < 1.29 is 4.74 Å². The smallest absolute Gasteiger partial charge is 0.151 e. The molecule has 2 aromatic rings. The van der Waals surface area contributed by atoms with Crippen molar-refractivity contribution in [3.8, 4) is 0 Å². The predicted octanol–water partition coefficient (Wildman–Crippen LogP) is 1.95. The Morgan fingerprint density at radius 1 is 1.35 bits per heavy atom. The molecule has 0 unspecified atom stereocenters. The van der Waals surface area contributed by atoms with Crippen molar-refractivity contribution in [1.29, 1.82) is 0 Å². The average molecular weight is 230 g/mol. The van der Waals surface area contributed by atoms with E-state index in [1.54, 1.807) is 13.3 Å². The largest absolute Gasteiger partial charge is 0.382 e. The van der Waals surface area contributed by atoms with Gasteiger partial charge in [-0.3, -0.25) is 4.98 Å². The maximum absolute atomic E-state index is 5.56. The molecule has 88 valence electrons. The van der Waals surface area contributed by atoms with Gasteiger partial charge in [0, 0.05) is 12.8 Å². The molecule has 5 heteroatoms. The Bertz CT molecular complexity index is 501. The van der Waals surface area contributed by atoms with Crippen LogP contribution in [0.5, 0.6) is 0 Å². The normalized spacial score (nSPS) is 10.2. The van der Waals surface area contributed by atoms with E-state index in [9.17, 15) is 0 Å². The van der Waals surface area contributed by atoms with Crippen molar-refractivity contribution in [2.45, 2.75) is 6.61 Å². The first-order valence-corrected chi connectivity index (χ1v) is 5.20. The molecule has 0 fully saturated rings.